The first-order chi connectivity index (χ1) is 13.5. The average molecular weight is 419 g/mol. The van der Waals surface area contributed by atoms with E-state index in [4.69, 9.17) is 0 Å². The summed E-state index contributed by atoms with van der Waals surface area (Å²) in [5.41, 5.74) is 3.58. The number of hydrogen-bond donors (Lipinski definition) is 2. The molecule has 3 rings (SSSR count). The Labute approximate surface area is 171 Å². The zero-order chi connectivity index (χ0) is 19.8. The largest absolute Gasteiger partial charge is 0.354 e. The number of benzene rings is 2. The lowest BCUT2D eigenvalue weighted by molar-refractivity contribution is -0.119. The Morgan fingerprint density at radius 1 is 1.00 bits per heavy atom. The van der Waals surface area contributed by atoms with Crippen molar-refractivity contribution in [3.05, 3.63) is 65.2 Å². The van der Waals surface area contributed by atoms with Crippen LogP contribution in [0.3, 0.4) is 0 Å². The average Bonchev–Trinajstić information content (AvgIpc) is 2.72. The summed E-state index contributed by atoms with van der Waals surface area (Å²) < 4.78 is 27.3. The maximum absolute atomic E-state index is 12.5. The molecule has 1 aliphatic carbocycles. The van der Waals surface area contributed by atoms with Crippen LogP contribution in [0.4, 0.5) is 0 Å². The van der Waals surface area contributed by atoms with Gasteiger partial charge in [-0.1, -0.05) is 36.4 Å². The topological polar surface area (TPSA) is 75.3 Å². The van der Waals surface area contributed by atoms with Gasteiger partial charge in [0.1, 0.15) is 0 Å². The van der Waals surface area contributed by atoms with Gasteiger partial charge in [0, 0.05) is 18.1 Å². The number of thioether (sulfide) groups is 1. The van der Waals surface area contributed by atoms with Crippen LogP contribution in [0.1, 0.15) is 29.5 Å². The molecule has 0 bridgehead atoms. The molecule has 1 aliphatic rings. The number of aryl methyl sites for hydroxylation is 2. The first-order valence-corrected chi connectivity index (χ1v) is 12.2. The van der Waals surface area contributed by atoms with Crippen molar-refractivity contribution in [3.8, 4) is 0 Å². The van der Waals surface area contributed by atoms with Gasteiger partial charge in [-0.15, -0.1) is 0 Å². The summed E-state index contributed by atoms with van der Waals surface area (Å²) in [5.74, 6) is 1.35. The Morgan fingerprint density at radius 3 is 2.54 bits per heavy atom. The number of hydrogen-bond acceptors (Lipinski definition) is 4. The molecular formula is C21H26N2O3S2. The van der Waals surface area contributed by atoms with Gasteiger partial charge in [-0.3, -0.25) is 4.79 Å². The van der Waals surface area contributed by atoms with E-state index in [-0.39, 0.29) is 17.3 Å². The molecule has 5 nitrogen and oxygen atoms in total. The van der Waals surface area contributed by atoms with Crippen molar-refractivity contribution in [1.29, 1.82) is 0 Å². The lowest BCUT2D eigenvalue weighted by Crippen LogP contribution is -2.37. The van der Waals surface area contributed by atoms with Crippen molar-refractivity contribution in [2.45, 2.75) is 36.3 Å². The van der Waals surface area contributed by atoms with E-state index < -0.39 is 10.0 Å². The first-order valence-electron chi connectivity index (χ1n) is 9.54. The summed E-state index contributed by atoms with van der Waals surface area (Å²) in [7, 11) is -3.68. The molecule has 0 radical (unpaired) electrons. The van der Waals surface area contributed by atoms with E-state index in [1.807, 2.05) is 24.3 Å². The summed E-state index contributed by atoms with van der Waals surface area (Å²) in [6, 6.07) is 15.4. The van der Waals surface area contributed by atoms with E-state index in [1.54, 1.807) is 23.9 Å². The first kappa shape index (κ1) is 20.9. The number of carbonyl (C=O) groups excluding carboxylic acids is 1. The molecule has 0 aromatic heterocycles. The zero-order valence-electron chi connectivity index (χ0n) is 15.8. The molecule has 0 atom stereocenters. The van der Waals surface area contributed by atoms with Crippen LogP contribution >= 0.6 is 11.8 Å². The van der Waals surface area contributed by atoms with Gasteiger partial charge in [0.2, 0.25) is 15.9 Å². The minimum absolute atomic E-state index is 0.236. The number of rotatable bonds is 9. The fourth-order valence-corrected chi connectivity index (χ4v) is 5.06. The minimum Gasteiger partial charge on any atom is -0.354 e. The maximum Gasteiger partial charge on any atom is 0.241 e. The van der Waals surface area contributed by atoms with Gasteiger partial charge in [-0.25, -0.2) is 13.1 Å². The van der Waals surface area contributed by atoms with Crippen molar-refractivity contribution < 1.29 is 13.2 Å². The molecule has 0 unspecified atom stereocenters. The highest BCUT2D eigenvalue weighted by atomic mass is 32.2. The molecule has 7 heteroatoms. The van der Waals surface area contributed by atoms with Gasteiger partial charge >= 0.3 is 0 Å². The van der Waals surface area contributed by atoms with E-state index in [0.29, 0.717) is 6.54 Å². The highest BCUT2D eigenvalue weighted by Crippen LogP contribution is 2.23. The smallest absolute Gasteiger partial charge is 0.241 e. The van der Waals surface area contributed by atoms with Crippen LogP contribution in [-0.4, -0.2) is 33.2 Å². The van der Waals surface area contributed by atoms with Crippen molar-refractivity contribution in [1.82, 2.24) is 10.0 Å². The maximum atomic E-state index is 12.5. The van der Waals surface area contributed by atoms with Crippen molar-refractivity contribution in [2.75, 3.05) is 18.8 Å². The Kier molecular flexibility index (Phi) is 7.53. The lowest BCUT2D eigenvalue weighted by atomic mass is 9.92. The predicted octanol–water partition coefficient (Wildman–Crippen LogP) is 2.89. The van der Waals surface area contributed by atoms with E-state index in [2.05, 4.69) is 22.2 Å². The number of nitrogens with one attached hydrogen (secondary N) is 2. The standard InChI is InChI=1S/C21H26N2O3S2/c24-21(22-12-13-27-16-17-6-2-1-3-7-17)15-23-28(25,26)20-11-10-18-8-4-5-9-19(18)14-20/h1-3,6-7,10-11,14,23H,4-5,8-9,12-13,15-16H2,(H,22,24). The quantitative estimate of drug-likeness (QED) is 0.614. The summed E-state index contributed by atoms with van der Waals surface area (Å²) in [6.07, 6.45) is 4.17. The third-order valence-electron chi connectivity index (χ3n) is 4.73. The molecule has 150 valence electrons. The second-order valence-electron chi connectivity index (χ2n) is 6.85. The summed E-state index contributed by atoms with van der Waals surface area (Å²) in [6.45, 7) is 0.264. The summed E-state index contributed by atoms with van der Waals surface area (Å²) in [5, 5.41) is 2.76. The fourth-order valence-electron chi connectivity index (χ4n) is 3.21. The molecule has 2 N–H and O–H groups in total. The fraction of sp³-hybridized carbons (Fsp3) is 0.381. The van der Waals surface area contributed by atoms with Crippen LogP contribution < -0.4 is 10.0 Å². The Balaban J connectivity index is 1.39. The summed E-state index contributed by atoms with van der Waals surface area (Å²) >= 11 is 1.73. The number of amides is 1. The number of carbonyl (C=O) groups is 1. The molecular weight excluding hydrogens is 392 g/mol. The third kappa shape index (κ3) is 6.09. The Bertz CT molecular complexity index is 899. The molecule has 1 amide bonds. The molecule has 0 fully saturated rings. The second-order valence-corrected chi connectivity index (χ2v) is 9.72. The van der Waals surface area contributed by atoms with Crippen LogP contribution in [0, 0.1) is 0 Å². The lowest BCUT2D eigenvalue weighted by Gasteiger charge is -2.16. The Hall–Kier alpha value is -1.83. The Morgan fingerprint density at radius 2 is 1.75 bits per heavy atom. The van der Waals surface area contributed by atoms with Crippen LogP contribution in [0.25, 0.3) is 0 Å². The zero-order valence-corrected chi connectivity index (χ0v) is 17.4. The molecule has 28 heavy (non-hydrogen) atoms. The molecule has 0 heterocycles. The minimum atomic E-state index is -3.68. The van der Waals surface area contributed by atoms with E-state index in [0.717, 1.165) is 42.8 Å². The van der Waals surface area contributed by atoms with Crippen LogP contribution in [-0.2, 0) is 33.4 Å². The molecule has 0 aliphatic heterocycles. The monoisotopic (exact) mass is 418 g/mol. The van der Waals surface area contributed by atoms with E-state index >= 15 is 0 Å². The van der Waals surface area contributed by atoms with Crippen molar-refractivity contribution in [2.24, 2.45) is 0 Å². The number of fused-ring (bicyclic) bond motifs is 1. The predicted molar refractivity (Wildman–Crippen MR) is 114 cm³/mol. The van der Waals surface area contributed by atoms with Crippen molar-refractivity contribution >= 4 is 27.7 Å². The highest BCUT2D eigenvalue weighted by molar-refractivity contribution is 7.98. The number of sulfonamides is 1. The highest BCUT2D eigenvalue weighted by Gasteiger charge is 2.18. The van der Waals surface area contributed by atoms with Crippen LogP contribution in [0.15, 0.2) is 53.4 Å². The second kappa shape index (κ2) is 10.1. The van der Waals surface area contributed by atoms with Gasteiger partial charge in [-0.05, 0) is 54.5 Å². The summed E-state index contributed by atoms with van der Waals surface area (Å²) in [4.78, 5) is 12.2. The SMILES string of the molecule is O=C(CNS(=O)(=O)c1ccc2c(c1)CCCC2)NCCSCc1ccccc1. The molecule has 2 aromatic carbocycles. The molecule has 2 aromatic rings. The van der Waals surface area contributed by atoms with Gasteiger partial charge in [0.25, 0.3) is 0 Å². The van der Waals surface area contributed by atoms with E-state index in [9.17, 15) is 13.2 Å². The molecule has 0 saturated heterocycles. The van der Waals surface area contributed by atoms with Gasteiger partial charge in [-0.2, -0.15) is 11.8 Å². The van der Waals surface area contributed by atoms with E-state index in [1.165, 1.54) is 11.1 Å². The third-order valence-corrected chi connectivity index (χ3v) is 7.16. The van der Waals surface area contributed by atoms with Gasteiger partial charge in [0.15, 0.2) is 0 Å². The van der Waals surface area contributed by atoms with Crippen LogP contribution in [0.5, 0.6) is 0 Å². The molecule has 0 spiro atoms. The van der Waals surface area contributed by atoms with Gasteiger partial charge in [0.05, 0.1) is 11.4 Å². The van der Waals surface area contributed by atoms with Gasteiger partial charge < -0.3 is 5.32 Å². The normalized spacial score (nSPS) is 13.7. The van der Waals surface area contributed by atoms with Crippen molar-refractivity contribution in [3.63, 3.8) is 0 Å². The van der Waals surface area contributed by atoms with Crippen LogP contribution in [0.2, 0.25) is 0 Å². The molecule has 0 saturated carbocycles.